The number of nitrogens with two attached hydrogens (primary N) is 1. The van der Waals surface area contributed by atoms with Gasteiger partial charge < -0.3 is 0 Å². The van der Waals surface area contributed by atoms with Crippen molar-refractivity contribution in [2.24, 2.45) is 5.84 Å². The van der Waals surface area contributed by atoms with Crippen molar-refractivity contribution in [1.29, 1.82) is 0 Å². The molecule has 0 aliphatic carbocycles. The Balaban J connectivity index is 2.91. The third-order valence-corrected chi connectivity index (χ3v) is 1.37. The first-order valence-electron chi connectivity index (χ1n) is 3.31. The van der Waals surface area contributed by atoms with Gasteiger partial charge >= 0.3 is 0 Å². The van der Waals surface area contributed by atoms with Gasteiger partial charge in [0.2, 0.25) is 0 Å². The van der Waals surface area contributed by atoms with Crippen LogP contribution in [0.2, 0.25) is 0 Å². The number of rotatable bonds is 2. The van der Waals surface area contributed by atoms with Gasteiger partial charge in [0.1, 0.15) is 5.82 Å². The van der Waals surface area contributed by atoms with Gasteiger partial charge in [0.15, 0.2) is 0 Å². The minimum atomic E-state index is 0.746. The van der Waals surface area contributed by atoms with Crippen molar-refractivity contribution in [3.05, 3.63) is 30.5 Å². The van der Waals surface area contributed by atoms with Gasteiger partial charge in [0.05, 0.1) is 0 Å². The molecule has 0 radical (unpaired) electrons. The van der Waals surface area contributed by atoms with Crippen LogP contribution in [-0.4, -0.2) is 12.0 Å². The first-order chi connectivity index (χ1) is 5.24. The van der Waals surface area contributed by atoms with Gasteiger partial charge in [0, 0.05) is 13.2 Å². The van der Waals surface area contributed by atoms with Crippen molar-refractivity contribution >= 4 is 11.9 Å². The van der Waals surface area contributed by atoms with Gasteiger partial charge in [-0.3, -0.25) is 5.01 Å². The number of pyridine rings is 1. The maximum Gasteiger partial charge on any atom is 0.142 e. The van der Waals surface area contributed by atoms with Crippen LogP contribution in [0.4, 0.5) is 5.82 Å². The average molecular weight is 149 g/mol. The van der Waals surface area contributed by atoms with E-state index in [-0.39, 0.29) is 0 Å². The summed E-state index contributed by atoms with van der Waals surface area (Å²) >= 11 is 0. The van der Waals surface area contributed by atoms with E-state index < -0.39 is 0 Å². The number of aromatic nitrogens is 1. The average Bonchev–Trinajstić information content (AvgIpc) is 2.05. The lowest BCUT2D eigenvalue weighted by atomic mass is 10.3. The molecule has 0 amide bonds. The first-order valence-corrected chi connectivity index (χ1v) is 3.31. The third-order valence-electron chi connectivity index (χ3n) is 1.37. The fourth-order valence-electron chi connectivity index (χ4n) is 0.727. The minimum Gasteiger partial charge on any atom is -0.298 e. The van der Waals surface area contributed by atoms with E-state index in [1.807, 2.05) is 12.1 Å². The van der Waals surface area contributed by atoms with E-state index in [0.717, 1.165) is 11.4 Å². The predicted octanol–water partition coefficient (Wildman–Crippen LogP) is 1.03. The molecule has 0 unspecified atom stereocenters. The quantitative estimate of drug-likeness (QED) is 0.504. The van der Waals surface area contributed by atoms with E-state index in [2.05, 4.69) is 11.6 Å². The van der Waals surface area contributed by atoms with Crippen LogP contribution < -0.4 is 10.9 Å². The summed E-state index contributed by atoms with van der Waals surface area (Å²) in [5.41, 5.74) is 0.996. The van der Waals surface area contributed by atoms with Crippen molar-refractivity contribution in [3.8, 4) is 0 Å². The third kappa shape index (κ3) is 1.78. The molecule has 11 heavy (non-hydrogen) atoms. The van der Waals surface area contributed by atoms with E-state index in [1.54, 1.807) is 19.3 Å². The van der Waals surface area contributed by atoms with E-state index in [1.165, 1.54) is 5.01 Å². The number of nitrogens with zero attached hydrogens (tertiary/aromatic N) is 2. The van der Waals surface area contributed by atoms with Crippen LogP contribution in [-0.2, 0) is 0 Å². The Hall–Kier alpha value is -1.35. The molecule has 0 aromatic carbocycles. The zero-order chi connectivity index (χ0) is 8.27. The molecule has 2 N–H and O–H groups in total. The summed E-state index contributed by atoms with van der Waals surface area (Å²) in [6, 6.07) is 3.76. The highest BCUT2D eigenvalue weighted by Gasteiger charge is 1.94. The van der Waals surface area contributed by atoms with Gasteiger partial charge in [-0.2, -0.15) is 0 Å². The summed E-state index contributed by atoms with van der Waals surface area (Å²) in [4.78, 5) is 4.08. The highest BCUT2D eigenvalue weighted by Crippen LogP contribution is 2.06. The Kier molecular flexibility index (Phi) is 2.23. The topological polar surface area (TPSA) is 42.1 Å². The van der Waals surface area contributed by atoms with Gasteiger partial charge in [-0.05, 0) is 17.7 Å². The SMILES string of the molecule is C=Cc1ccc(N(C)N)nc1. The second-order valence-electron chi connectivity index (χ2n) is 2.26. The molecule has 1 heterocycles. The lowest BCUT2D eigenvalue weighted by Crippen LogP contribution is -2.25. The van der Waals surface area contributed by atoms with Crippen LogP contribution in [0, 0.1) is 0 Å². The van der Waals surface area contributed by atoms with Crippen LogP contribution >= 0.6 is 0 Å². The molecule has 1 aromatic heterocycles. The lowest BCUT2D eigenvalue weighted by Gasteiger charge is -2.09. The fourth-order valence-corrected chi connectivity index (χ4v) is 0.727. The van der Waals surface area contributed by atoms with E-state index in [9.17, 15) is 0 Å². The van der Waals surface area contributed by atoms with Crippen LogP contribution in [0.5, 0.6) is 0 Å². The smallest absolute Gasteiger partial charge is 0.142 e. The highest BCUT2D eigenvalue weighted by molar-refractivity contribution is 5.48. The highest BCUT2D eigenvalue weighted by atomic mass is 15.4. The van der Waals surface area contributed by atoms with Crippen LogP contribution in [0.15, 0.2) is 24.9 Å². The van der Waals surface area contributed by atoms with E-state index in [0.29, 0.717) is 0 Å². The maximum atomic E-state index is 5.45. The summed E-state index contributed by atoms with van der Waals surface area (Å²) in [7, 11) is 1.75. The van der Waals surface area contributed by atoms with Crippen LogP contribution in [0.25, 0.3) is 6.08 Å². The van der Waals surface area contributed by atoms with Gasteiger partial charge in [0.25, 0.3) is 0 Å². The molecular formula is C8H11N3. The maximum absolute atomic E-state index is 5.45. The Bertz CT molecular complexity index is 238. The second-order valence-corrected chi connectivity index (χ2v) is 2.26. The molecule has 1 aromatic rings. The molecule has 0 aliphatic rings. The summed E-state index contributed by atoms with van der Waals surface area (Å²) in [6.45, 7) is 3.62. The van der Waals surface area contributed by atoms with E-state index >= 15 is 0 Å². The molecule has 0 atom stereocenters. The van der Waals surface area contributed by atoms with Gasteiger partial charge in [-0.15, -0.1) is 0 Å². The molecule has 3 nitrogen and oxygen atoms in total. The Labute approximate surface area is 66.1 Å². The Morgan fingerprint density at radius 3 is 2.73 bits per heavy atom. The van der Waals surface area contributed by atoms with Crippen LogP contribution in [0.3, 0.4) is 0 Å². The van der Waals surface area contributed by atoms with Crippen molar-refractivity contribution in [2.75, 3.05) is 12.1 Å². The monoisotopic (exact) mass is 149 g/mol. The standard InChI is InChI=1S/C8H11N3/c1-3-7-4-5-8(10-6-7)11(2)9/h3-6H,1,9H2,2H3. The van der Waals surface area contributed by atoms with Crippen molar-refractivity contribution in [2.45, 2.75) is 0 Å². The lowest BCUT2D eigenvalue weighted by molar-refractivity contribution is 0.977. The molecule has 0 spiro atoms. The normalized spacial score (nSPS) is 9.27. The first kappa shape index (κ1) is 7.75. The minimum absolute atomic E-state index is 0.746. The molecule has 0 aliphatic heterocycles. The zero-order valence-electron chi connectivity index (χ0n) is 6.49. The number of anilines is 1. The van der Waals surface area contributed by atoms with E-state index in [4.69, 9.17) is 5.84 Å². The number of hydrazine groups is 1. The molecule has 0 saturated carbocycles. The molecule has 1 rings (SSSR count). The summed E-state index contributed by atoms with van der Waals surface area (Å²) in [5.74, 6) is 6.20. The van der Waals surface area contributed by atoms with Crippen molar-refractivity contribution in [1.82, 2.24) is 4.98 Å². The summed E-state index contributed by atoms with van der Waals surface area (Å²) < 4.78 is 0. The molecule has 58 valence electrons. The fraction of sp³-hybridized carbons (Fsp3) is 0.125. The number of hydrogen-bond acceptors (Lipinski definition) is 3. The summed E-state index contributed by atoms with van der Waals surface area (Å²) in [5, 5.41) is 1.47. The second kappa shape index (κ2) is 3.16. The Morgan fingerprint density at radius 2 is 2.36 bits per heavy atom. The predicted molar refractivity (Wildman–Crippen MR) is 46.9 cm³/mol. The molecule has 0 fully saturated rings. The van der Waals surface area contributed by atoms with Gasteiger partial charge in [-0.25, -0.2) is 10.8 Å². The molecule has 0 bridgehead atoms. The molecule has 3 heteroatoms. The number of hydrogen-bond donors (Lipinski definition) is 1. The van der Waals surface area contributed by atoms with Crippen LogP contribution in [0.1, 0.15) is 5.56 Å². The molecule has 0 saturated heterocycles. The van der Waals surface area contributed by atoms with Gasteiger partial charge in [-0.1, -0.05) is 12.7 Å². The zero-order valence-corrected chi connectivity index (χ0v) is 6.49. The van der Waals surface area contributed by atoms with Crippen molar-refractivity contribution < 1.29 is 0 Å². The summed E-state index contributed by atoms with van der Waals surface area (Å²) in [6.07, 6.45) is 3.47. The largest absolute Gasteiger partial charge is 0.298 e. The van der Waals surface area contributed by atoms with Crippen molar-refractivity contribution in [3.63, 3.8) is 0 Å². The Morgan fingerprint density at radius 1 is 1.64 bits per heavy atom. The molecular weight excluding hydrogens is 138 g/mol.